The molecule has 0 radical (unpaired) electrons. The molecule has 2 aromatic rings. The molecule has 102 valence electrons. The summed E-state index contributed by atoms with van der Waals surface area (Å²) in [6, 6.07) is 0. The van der Waals surface area contributed by atoms with Crippen LogP contribution in [0.1, 0.15) is 37.0 Å². The highest BCUT2D eigenvalue weighted by atomic mass is 32.2. The number of nitrogens with zero attached hydrogens (tertiary/aromatic N) is 2. The summed E-state index contributed by atoms with van der Waals surface area (Å²) in [7, 11) is 0. The van der Waals surface area contributed by atoms with Crippen LogP contribution >= 0.6 is 23.1 Å². The Labute approximate surface area is 121 Å². The van der Waals surface area contributed by atoms with Crippen LogP contribution in [-0.4, -0.2) is 21.8 Å². The average Bonchev–Trinajstić information content (AvgIpc) is 2.74. The molecule has 3 heterocycles. The van der Waals surface area contributed by atoms with Gasteiger partial charge in [-0.1, -0.05) is 6.92 Å². The topological polar surface area (TPSA) is 35.0 Å². The van der Waals surface area contributed by atoms with Crippen LogP contribution in [-0.2, 0) is 24.2 Å². The van der Waals surface area contributed by atoms with Gasteiger partial charge in [0.05, 0.1) is 12.2 Å². The first-order valence-electron chi connectivity index (χ1n) is 6.53. The first-order valence-corrected chi connectivity index (χ1v) is 8.57. The van der Waals surface area contributed by atoms with E-state index in [1.807, 2.05) is 0 Å². The molecule has 0 saturated carbocycles. The summed E-state index contributed by atoms with van der Waals surface area (Å²) < 4.78 is 5.91. The number of hydrogen-bond acceptors (Lipinski definition) is 5. The van der Waals surface area contributed by atoms with Crippen LogP contribution in [0.4, 0.5) is 0 Å². The van der Waals surface area contributed by atoms with Gasteiger partial charge in [0, 0.05) is 23.1 Å². The highest BCUT2D eigenvalue weighted by Crippen LogP contribution is 2.41. The molecule has 1 aliphatic rings. The van der Waals surface area contributed by atoms with Crippen LogP contribution in [0.15, 0.2) is 5.03 Å². The van der Waals surface area contributed by atoms with Crippen LogP contribution in [0, 0.1) is 0 Å². The van der Waals surface area contributed by atoms with E-state index in [-0.39, 0.29) is 5.60 Å². The van der Waals surface area contributed by atoms with Crippen molar-refractivity contribution in [2.24, 2.45) is 0 Å². The lowest BCUT2D eigenvalue weighted by atomic mass is 9.95. The molecule has 0 atom stereocenters. The fraction of sp³-hybridized carbons (Fsp3) is 0.571. The third-order valence-corrected chi connectivity index (χ3v) is 5.23. The normalized spacial score (nSPS) is 17.7. The van der Waals surface area contributed by atoms with Gasteiger partial charge >= 0.3 is 0 Å². The predicted molar refractivity (Wildman–Crippen MR) is 81.1 cm³/mol. The van der Waals surface area contributed by atoms with Gasteiger partial charge in [0.2, 0.25) is 0 Å². The van der Waals surface area contributed by atoms with Gasteiger partial charge in [-0.25, -0.2) is 9.97 Å². The van der Waals surface area contributed by atoms with Crippen molar-refractivity contribution >= 4 is 33.3 Å². The number of aromatic nitrogens is 2. The maximum absolute atomic E-state index is 5.91. The van der Waals surface area contributed by atoms with Crippen LogP contribution in [0.5, 0.6) is 0 Å². The maximum Gasteiger partial charge on any atom is 0.131 e. The fourth-order valence-corrected chi connectivity index (χ4v) is 4.27. The predicted octanol–water partition coefficient (Wildman–Crippen LogP) is 3.83. The Morgan fingerprint density at radius 1 is 1.37 bits per heavy atom. The first kappa shape index (κ1) is 13.3. The Kier molecular flexibility index (Phi) is 3.31. The zero-order chi connectivity index (χ0) is 13.6. The second-order valence-corrected chi connectivity index (χ2v) is 7.29. The minimum Gasteiger partial charge on any atom is -0.370 e. The summed E-state index contributed by atoms with van der Waals surface area (Å²) in [5.41, 5.74) is 1.32. The lowest BCUT2D eigenvalue weighted by Gasteiger charge is -2.30. The largest absolute Gasteiger partial charge is 0.370 e. The van der Waals surface area contributed by atoms with Crippen molar-refractivity contribution in [2.75, 3.05) is 6.26 Å². The maximum atomic E-state index is 5.91. The molecule has 0 N–H and O–H groups in total. The summed E-state index contributed by atoms with van der Waals surface area (Å²) in [5.74, 6) is 0.940. The second kappa shape index (κ2) is 4.72. The van der Waals surface area contributed by atoms with E-state index in [4.69, 9.17) is 9.72 Å². The van der Waals surface area contributed by atoms with Crippen molar-refractivity contribution in [3.63, 3.8) is 0 Å². The monoisotopic (exact) mass is 294 g/mol. The minimum atomic E-state index is -0.0832. The number of fused-ring (bicyclic) bond motifs is 3. The molecule has 0 spiro atoms. The van der Waals surface area contributed by atoms with E-state index in [0.717, 1.165) is 28.5 Å². The molecule has 3 rings (SSSR count). The molecule has 0 fully saturated rings. The molecule has 0 bridgehead atoms. The number of aryl methyl sites for hydroxylation is 1. The number of ether oxygens (including phenoxy) is 1. The number of rotatable bonds is 2. The van der Waals surface area contributed by atoms with Crippen LogP contribution in [0.2, 0.25) is 0 Å². The SMILES string of the molecule is CCc1nc(SC)c2c3c(sc2n1)COC(C)(C)C3. The van der Waals surface area contributed by atoms with Gasteiger partial charge in [0.15, 0.2) is 0 Å². The zero-order valence-corrected chi connectivity index (χ0v) is 13.4. The van der Waals surface area contributed by atoms with E-state index in [1.54, 1.807) is 23.1 Å². The van der Waals surface area contributed by atoms with E-state index in [2.05, 4.69) is 32.0 Å². The number of thioether (sulfide) groups is 1. The van der Waals surface area contributed by atoms with Gasteiger partial charge in [-0.05, 0) is 25.7 Å². The van der Waals surface area contributed by atoms with Crippen molar-refractivity contribution in [2.45, 2.75) is 50.8 Å². The molecular weight excluding hydrogens is 276 g/mol. The van der Waals surface area contributed by atoms with Crippen molar-refractivity contribution in [1.82, 2.24) is 9.97 Å². The van der Waals surface area contributed by atoms with Crippen LogP contribution in [0.3, 0.4) is 0 Å². The molecule has 3 nitrogen and oxygen atoms in total. The van der Waals surface area contributed by atoms with Gasteiger partial charge in [0.25, 0.3) is 0 Å². The molecule has 0 aliphatic carbocycles. The fourth-order valence-electron chi connectivity index (χ4n) is 2.46. The number of hydrogen-bond donors (Lipinski definition) is 0. The molecule has 1 aliphatic heterocycles. The molecule has 0 unspecified atom stereocenters. The molecule has 0 amide bonds. The average molecular weight is 294 g/mol. The van der Waals surface area contributed by atoms with E-state index in [9.17, 15) is 0 Å². The third-order valence-electron chi connectivity index (χ3n) is 3.45. The van der Waals surface area contributed by atoms with Crippen LogP contribution in [0.25, 0.3) is 10.2 Å². The lowest BCUT2D eigenvalue weighted by molar-refractivity contribution is -0.0379. The van der Waals surface area contributed by atoms with E-state index < -0.39 is 0 Å². The Balaban J connectivity index is 2.25. The van der Waals surface area contributed by atoms with Gasteiger partial charge in [0.1, 0.15) is 15.7 Å². The standard InChI is InChI=1S/C14H18N2OS2/c1-5-10-15-12(18-4)11-8-6-14(2,3)17-7-9(8)19-13(11)16-10/h5-7H2,1-4H3. The van der Waals surface area contributed by atoms with Crippen LogP contribution < -0.4 is 0 Å². The Morgan fingerprint density at radius 3 is 2.84 bits per heavy atom. The third kappa shape index (κ3) is 2.28. The molecule has 2 aromatic heterocycles. The Bertz CT molecular complexity index is 634. The van der Waals surface area contributed by atoms with Crippen molar-refractivity contribution in [1.29, 1.82) is 0 Å². The summed E-state index contributed by atoms with van der Waals surface area (Å²) in [5, 5.41) is 2.39. The zero-order valence-electron chi connectivity index (χ0n) is 11.7. The van der Waals surface area contributed by atoms with Gasteiger partial charge in [-0.2, -0.15) is 0 Å². The summed E-state index contributed by atoms with van der Waals surface area (Å²) in [6.07, 6.45) is 3.93. The molecule has 5 heteroatoms. The lowest BCUT2D eigenvalue weighted by Crippen LogP contribution is -2.31. The van der Waals surface area contributed by atoms with E-state index >= 15 is 0 Å². The van der Waals surface area contributed by atoms with Gasteiger partial charge in [-0.15, -0.1) is 23.1 Å². The molecular formula is C14H18N2OS2. The van der Waals surface area contributed by atoms with Crippen molar-refractivity contribution < 1.29 is 4.74 Å². The van der Waals surface area contributed by atoms with Crippen molar-refractivity contribution in [3.05, 3.63) is 16.3 Å². The Hall–Kier alpha value is -0.650. The highest BCUT2D eigenvalue weighted by Gasteiger charge is 2.30. The molecule has 0 saturated heterocycles. The first-order chi connectivity index (χ1) is 9.04. The van der Waals surface area contributed by atoms with E-state index in [1.165, 1.54) is 15.8 Å². The highest BCUT2D eigenvalue weighted by molar-refractivity contribution is 7.98. The Morgan fingerprint density at radius 2 is 2.16 bits per heavy atom. The summed E-state index contributed by atoms with van der Waals surface area (Å²) in [4.78, 5) is 11.8. The molecule has 19 heavy (non-hydrogen) atoms. The van der Waals surface area contributed by atoms with Gasteiger partial charge in [-0.3, -0.25) is 0 Å². The summed E-state index contributed by atoms with van der Waals surface area (Å²) >= 11 is 3.49. The minimum absolute atomic E-state index is 0.0832. The quantitative estimate of drug-likeness (QED) is 0.623. The molecule has 0 aromatic carbocycles. The van der Waals surface area contributed by atoms with Crippen molar-refractivity contribution in [3.8, 4) is 0 Å². The van der Waals surface area contributed by atoms with Gasteiger partial charge < -0.3 is 4.74 Å². The second-order valence-electron chi connectivity index (χ2n) is 5.41. The van der Waals surface area contributed by atoms with E-state index in [0.29, 0.717) is 6.61 Å². The smallest absolute Gasteiger partial charge is 0.131 e. The summed E-state index contributed by atoms with van der Waals surface area (Å²) in [6.45, 7) is 7.11. The number of thiophene rings is 1.